The van der Waals surface area contributed by atoms with Crippen molar-refractivity contribution in [2.45, 2.75) is 26.7 Å². The summed E-state index contributed by atoms with van der Waals surface area (Å²) >= 11 is 5.92. The monoisotopic (exact) mass is 459 g/mol. The lowest BCUT2D eigenvalue weighted by Gasteiger charge is -2.13. The van der Waals surface area contributed by atoms with E-state index in [-0.39, 0.29) is 0 Å². The minimum absolute atomic E-state index is 0.578. The molecule has 0 amide bonds. The van der Waals surface area contributed by atoms with Crippen molar-refractivity contribution in [1.29, 1.82) is 0 Å². The van der Waals surface area contributed by atoms with E-state index in [9.17, 15) is 0 Å². The summed E-state index contributed by atoms with van der Waals surface area (Å²) in [5.74, 6) is 2.36. The zero-order chi connectivity index (χ0) is 15.4. The summed E-state index contributed by atoms with van der Waals surface area (Å²) in [7, 11) is 1.91. The standard InChI is InChI=1S/C16H19BrIN3/c1-10(2)8-13-15(18)16(19-3)21-14(20-13)9-11-6-4-5-7-12(11)17/h4-7,10H,8-9H2,1-3H3,(H,19,20,21). The van der Waals surface area contributed by atoms with Crippen LogP contribution in [0.3, 0.4) is 0 Å². The third-order valence-corrected chi connectivity index (χ3v) is 5.02. The van der Waals surface area contributed by atoms with Crippen LogP contribution < -0.4 is 5.32 Å². The van der Waals surface area contributed by atoms with Gasteiger partial charge < -0.3 is 5.32 Å². The number of anilines is 1. The Balaban J connectivity index is 2.37. The molecule has 0 saturated heterocycles. The molecule has 0 atom stereocenters. The van der Waals surface area contributed by atoms with E-state index in [2.05, 4.69) is 74.8 Å². The maximum absolute atomic E-state index is 4.78. The molecule has 0 aliphatic heterocycles. The van der Waals surface area contributed by atoms with Crippen LogP contribution in [0.4, 0.5) is 5.82 Å². The maximum Gasteiger partial charge on any atom is 0.143 e. The van der Waals surface area contributed by atoms with Crippen LogP contribution in [-0.4, -0.2) is 17.0 Å². The summed E-state index contributed by atoms with van der Waals surface area (Å²) in [5, 5.41) is 3.18. The van der Waals surface area contributed by atoms with Gasteiger partial charge in [-0.05, 0) is 46.6 Å². The number of aromatic nitrogens is 2. The smallest absolute Gasteiger partial charge is 0.143 e. The van der Waals surface area contributed by atoms with Crippen LogP contribution >= 0.6 is 38.5 Å². The Morgan fingerprint density at radius 2 is 1.95 bits per heavy atom. The van der Waals surface area contributed by atoms with Crippen LogP contribution in [0.5, 0.6) is 0 Å². The molecule has 1 aromatic carbocycles. The van der Waals surface area contributed by atoms with Crippen molar-refractivity contribution in [2.24, 2.45) is 5.92 Å². The van der Waals surface area contributed by atoms with Crippen LogP contribution in [0, 0.1) is 9.49 Å². The summed E-state index contributed by atoms with van der Waals surface area (Å²) in [5.41, 5.74) is 2.34. The summed E-state index contributed by atoms with van der Waals surface area (Å²) in [6.45, 7) is 4.43. The average molecular weight is 460 g/mol. The van der Waals surface area contributed by atoms with Crippen molar-refractivity contribution in [1.82, 2.24) is 9.97 Å². The van der Waals surface area contributed by atoms with E-state index in [1.807, 2.05) is 19.2 Å². The van der Waals surface area contributed by atoms with Gasteiger partial charge in [-0.25, -0.2) is 9.97 Å². The van der Waals surface area contributed by atoms with Gasteiger partial charge in [-0.3, -0.25) is 0 Å². The third kappa shape index (κ3) is 4.39. The average Bonchev–Trinajstić information content (AvgIpc) is 2.44. The molecule has 1 heterocycles. The molecule has 0 fully saturated rings. The molecular formula is C16H19BrIN3. The first kappa shape index (κ1) is 16.7. The van der Waals surface area contributed by atoms with Gasteiger partial charge in [0.05, 0.1) is 9.26 Å². The molecular weight excluding hydrogens is 441 g/mol. The largest absolute Gasteiger partial charge is 0.372 e. The second-order valence-corrected chi connectivity index (χ2v) is 7.30. The van der Waals surface area contributed by atoms with Gasteiger partial charge >= 0.3 is 0 Å². The van der Waals surface area contributed by atoms with Crippen molar-refractivity contribution in [2.75, 3.05) is 12.4 Å². The summed E-state index contributed by atoms with van der Waals surface area (Å²) in [6.07, 6.45) is 1.70. The van der Waals surface area contributed by atoms with E-state index in [4.69, 9.17) is 4.98 Å². The third-order valence-electron chi connectivity index (χ3n) is 3.11. The Hall–Kier alpha value is -0.690. The number of benzene rings is 1. The Bertz CT molecular complexity index is 629. The normalized spacial score (nSPS) is 11.0. The Labute approximate surface area is 148 Å². The molecule has 21 heavy (non-hydrogen) atoms. The summed E-state index contributed by atoms with van der Waals surface area (Å²) in [6, 6.07) is 8.22. The van der Waals surface area contributed by atoms with Gasteiger partial charge in [0.15, 0.2) is 0 Å². The molecule has 112 valence electrons. The molecule has 0 unspecified atom stereocenters. The van der Waals surface area contributed by atoms with E-state index < -0.39 is 0 Å². The maximum atomic E-state index is 4.78. The molecule has 1 aromatic heterocycles. The minimum atomic E-state index is 0.578. The Morgan fingerprint density at radius 1 is 1.24 bits per heavy atom. The molecule has 0 saturated carbocycles. The van der Waals surface area contributed by atoms with Crippen LogP contribution in [0.25, 0.3) is 0 Å². The molecule has 5 heteroatoms. The molecule has 0 aliphatic carbocycles. The molecule has 3 nitrogen and oxygen atoms in total. The highest BCUT2D eigenvalue weighted by Gasteiger charge is 2.13. The fraction of sp³-hybridized carbons (Fsp3) is 0.375. The second-order valence-electron chi connectivity index (χ2n) is 5.37. The van der Waals surface area contributed by atoms with Crippen LogP contribution in [0.2, 0.25) is 0 Å². The lowest BCUT2D eigenvalue weighted by molar-refractivity contribution is 0.628. The number of nitrogens with one attached hydrogen (secondary N) is 1. The zero-order valence-corrected chi connectivity index (χ0v) is 16.2. The minimum Gasteiger partial charge on any atom is -0.372 e. The number of nitrogens with zero attached hydrogens (tertiary/aromatic N) is 2. The van der Waals surface area contributed by atoms with Crippen molar-refractivity contribution < 1.29 is 0 Å². The summed E-state index contributed by atoms with van der Waals surface area (Å²) < 4.78 is 2.23. The predicted octanol–water partition coefficient (Wildman–Crippen LogP) is 4.67. The van der Waals surface area contributed by atoms with E-state index >= 15 is 0 Å². The van der Waals surface area contributed by atoms with E-state index in [0.717, 1.165) is 38.2 Å². The van der Waals surface area contributed by atoms with Gasteiger partial charge in [-0.15, -0.1) is 0 Å². The van der Waals surface area contributed by atoms with E-state index in [0.29, 0.717) is 5.92 Å². The number of rotatable bonds is 5. The Morgan fingerprint density at radius 3 is 2.57 bits per heavy atom. The van der Waals surface area contributed by atoms with Gasteiger partial charge in [0.2, 0.25) is 0 Å². The van der Waals surface area contributed by atoms with Gasteiger partial charge in [0.25, 0.3) is 0 Å². The van der Waals surface area contributed by atoms with Gasteiger partial charge in [0.1, 0.15) is 11.6 Å². The van der Waals surface area contributed by atoms with Crippen molar-refractivity contribution in [3.8, 4) is 0 Å². The molecule has 0 aliphatic rings. The van der Waals surface area contributed by atoms with Crippen molar-refractivity contribution >= 4 is 44.3 Å². The summed E-state index contributed by atoms with van der Waals surface area (Å²) in [4.78, 5) is 9.42. The van der Waals surface area contributed by atoms with Gasteiger partial charge in [-0.2, -0.15) is 0 Å². The molecule has 2 rings (SSSR count). The first-order valence-corrected chi connectivity index (χ1v) is 8.85. The van der Waals surface area contributed by atoms with Crippen LogP contribution in [-0.2, 0) is 12.8 Å². The highest BCUT2D eigenvalue weighted by molar-refractivity contribution is 14.1. The topological polar surface area (TPSA) is 37.8 Å². The molecule has 0 radical (unpaired) electrons. The molecule has 2 aromatic rings. The highest BCUT2D eigenvalue weighted by atomic mass is 127. The van der Waals surface area contributed by atoms with Gasteiger partial charge in [-0.1, -0.05) is 48.0 Å². The predicted molar refractivity (Wildman–Crippen MR) is 99.8 cm³/mol. The SMILES string of the molecule is CNc1nc(Cc2ccccc2Br)nc(CC(C)C)c1I. The Kier molecular flexibility index (Phi) is 5.98. The van der Waals surface area contributed by atoms with Crippen LogP contribution in [0.1, 0.15) is 30.9 Å². The first-order valence-electron chi connectivity index (χ1n) is 6.97. The number of halogens is 2. The molecule has 1 N–H and O–H groups in total. The lowest BCUT2D eigenvalue weighted by Crippen LogP contribution is -2.10. The quantitative estimate of drug-likeness (QED) is 0.660. The van der Waals surface area contributed by atoms with Gasteiger partial charge in [0, 0.05) is 17.9 Å². The zero-order valence-electron chi connectivity index (χ0n) is 12.5. The molecule has 0 spiro atoms. The fourth-order valence-electron chi connectivity index (χ4n) is 2.12. The van der Waals surface area contributed by atoms with E-state index in [1.165, 1.54) is 5.56 Å². The highest BCUT2D eigenvalue weighted by Crippen LogP contribution is 2.24. The second kappa shape index (κ2) is 7.54. The number of hydrogen-bond donors (Lipinski definition) is 1. The van der Waals surface area contributed by atoms with E-state index in [1.54, 1.807) is 0 Å². The van der Waals surface area contributed by atoms with Crippen molar-refractivity contribution in [3.05, 3.63) is 49.4 Å². The first-order chi connectivity index (χ1) is 10.0. The van der Waals surface area contributed by atoms with Crippen LogP contribution in [0.15, 0.2) is 28.7 Å². The lowest BCUT2D eigenvalue weighted by atomic mass is 10.1. The molecule has 0 bridgehead atoms. The van der Waals surface area contributed by atoms with Crippen molar-refractivity contribution in [3.63, 3.8) is 0 Å². The fourth-order valence-corrected chi connectivity index (χ4v) is 3.28. The number of hydrogen-bond acceptors (Lipinski definition) is 3.